The fourth-order valence-corrected chi connectivity index (χ4v) is 4.46. The molecule has 2 atom stereocenters. The van der Waals surface area contributed by atoms with Gasteiger partial charge in [-0.3, -0.25) is 4.79 Å². The third-order valence-corrected chi connectivity index (χ3v) is 4.68. The Labute approximate surface area is 145 Å². The Kier molecular flexibility index (Phi) is 4.67. The van der Waals surface area contributed by atoms with E-state index in [-0.39, 0.29) is 5.91 Å². The molecule has 5 nitrogen and oxygen atoms in total. The lowest BCUT2D eigenvalue weighted by Crippen LogP contribution is -2.71. The molecule has 2 rings (SSSR count). The topological polar surface area (TPSA) is 55.8 Å². The number of nitrogens with zero attached hydrogens (tertiary/aromatic N) is 1. The van der Waals surface area contributed by atoms with Crippen LogP contribution in [0.1, 0.15) is 39.3 Å². The first-order chi connectivity index (χ1) is 10.9. The van der Waals surface area contributed by atoms with Gasteiger partial charge in [0.2, 0.25) is 0 Å². The van der Waals surface area contributed by atoms with E-state index < -0.39 is 31.7 Å². The van der Waals surface area contributed by atoms with Gasteiger partial charge < -0.3 is 9.16 Å². The van der Waals surface area contributed by atoms with Gasteiger partial charge in [0.25, 0.3) is 5.91 Å². The molecular formula is C18H27NO4Si. The summed E-state index contributed by atoms with van der Waals surface area (Å²) in [6.45, 7) is 13.2. The van der Waals surface area contributed by atoms with Gasteiger partial charge in [0.15, 0.2) is 13.9 Å². The Morgan fingerprint density at radius 1 is 1.17 bits per heavy atom. The van der Waals surface area contributed by atoms with Crippen LogP contribution in [0, 0.1) is 0 Å². The summed E-state index contributed by atoms with van der Waals surface area (Å²) in [5.41, 5.74) is -0.837. The lowest BCUT2D eigenvalue weighted by Gasteiger charge is -2.54. The van der Waals surface area contributed by atoms with Crippen LogP contribution < -0.4 is 0 Å². The highest BCUT2D eigenvalue weighted by Gasteiger charge is 2.63. The predicted octanol–water partition coefficient (Wildman–Crippen LogP) is 4.12. The molecule has 0 aliphatic carbocycles. The van der Waals surface area contributed by atoms with Crippen LogP contribution in [0.4, 0.5) is 4.79 Å². The molecule has 0 radical (unpaired) electrons. The molecule has 0 spiro atoms. The molecule has 2 unspecified atom stereocenters. The second-order valence-corrected chi connectivity index (χ2v) is 12.7. The number of carbonyl (C=O) groups excluding carboxylic acids is 2. The van der Waals surface area contributed by atoms with Gasteiger partial charge in [-0.1, -0.05) is 30.3 Å². The van der Waals surface area contributed by atoms with E-state index in [9.17, 15) is 9.59 Å². The largest absolute Gasteiger partial charge is 0.443 e. The minimum atomic E-state index is -1.99. The molecule has 1 aromatic carbocycles. The van der Waals surface area contributed by atoms with Crippen molar-refractivity contribution >= 4 is 20.3 Å². The van der Waals surface area contributed by atoms with Gasteiger partial charge >= 0.3 is 6.09 Å². The third kappa shape index (κ3) is 3.70. The van der Waals surface area contributed by atoms with Crippen molar-refractivity contribution in [3.8, 4) is 0 Å². The standard InChI is InChI=1S/C18H27NO4Si/c1-17(2,3)22-16(21)19-14(13-11-9-8-10-12-13)18(4,15(19)20)23-24(5,6)7/h8-12,14H,1-7H3. The average molecular weight is 350 g/mol. The van der Waals surface area contributed by atoms with Crippen molar-refractivity contribution in [3.63, 3.8) is 0 Å². The first-order valence-electron chi connectivity index (χ1n) is 8.17. The molecule has 1 heterocycles. The molecule has 1 aliphatic rings. The van der Waals surface area contributed by atoms with Crippen molar-refractivity contribution in [2.45, 2.75) is 64.6 Å². The van der Waals surface area contributed by atoms with E-state index in [0.29, 0.717) is 0 Å². The van der Waals surface area contributed by atoms with Crippen LogP contribution in [0.3, 0.4) is 0 Å². The van der Waals surface area contributed by atoms with Gasteiger partial charge in [0.1, 0.15) is 11.6 Å². The number of hydrogen-bond acceptors (Lipinski definition) is 4. The first-order valence-corrected chi connectivity index (χ1v) is 11.6. The second-order valence-electron chi connectivity index (χ2n) is 8.29. The van der Waals surface area contributed by atoms with Crippen LogP contribution in [0.5, 0.6) is 0 Å². The molecule has 0 N–H and O–H groups in total. The Morgan fingerprint density at radius 3 is 2.17 bits per heavy atom. The first kappa shape index (κ1) is 18.7. The van der Waals surface area contributed by atoms with Gasteiger partial charge in [-0.25, -0.2) is 9.69 Å². The number of rotatable bonds is 3. The van der Waals surface area contributed by atoms with E-state index in [1.54, 1.807) is 27.7 Å². The monoisotopic (exact) mass is 349 g/mol. The van der Waals surface area contributed by atoms with Crippen molar-refractivity contribution in [2.75, 3.05) is 0 Å². The molecule has 6 heteroatoms. The van der Waals surface area contributed by atoms with Crippen LogP contribution in [-0.2, 0) is 14.0 Å². The highest BCUT2D eigenvalue weighted by atomic mass is 28.4. The van der Waals surface area contributed by atoms with Gasteiger partial charge in [-0.15, -0.1) is 0 Å². The molecule has 1 saturated heterocycles. The number of likely N-dealkylation sites (tertiary alicyclic amines) is 1. The minimum absolute atomic E-state index is 0.340. The number of β-lactam (4-membered cyclic amide) rings is 1. The summed E-state index contributed by atoms with van der Waals surface area (Å²) in [5, 5.41) is 0. The van der Waals surface area contributed by atoms with E-state index >= 15 is 0 Å². The summed E-state index contributed by atoms with van der Waals surface area (Å²) in [6, 6.07) is 9.01. The Bertz CT molecular complexity index is 633. The number of amides is 2. The molecule has 1 aromatic rings. The van der Waals surface area contributed by atoms with Crippen LogP contribution >= 0.6 is 0 Å². The van der Waals surface area contributed by atoms with E-state index in [2.05, 4.69) is 0 Å². The normalized spacial score (nSPS) is 24.5. The predicted molar refractivity (Wildman–Crippen MR) is 95.1 cm³/mol. The Balaban J connectivity index is 2.38. The molecule has 24 heavy (non-hydrogen) atoms. The zero-order valence-electron chi connectivity index (χ0n) is 15.5. The van der Waals surface area contributed by atoms with E-state index in [4.69, 9.17) is 9.16 Å². The van der Waals surface area contributed by atoms with Crippen molar-refractivity contribution in [1.29, 1.82) is 0 Å². The van der Waals surface area contributed by atoms with Crippen LogP contribution in [0.25, 0.3) is 0 Å². The van der Waals surface area contributed by atoms with Crippen LogP contribution in [0.2, 0.25) is 19.6 Å². The number of imide groups is 1. The van der Waals surface area contributed by atoms with Crippen LogP contribution in [0.15, 0.2) is 30.3 Å². The summed E-state index contributed by atoms with van der Waals surface area (Å²) in [5.74, 6) is -0.340. The van der Waals surface area contributed by atoms with Gasteiger partial charge in [-0.2, -0.15) is 0 Å². The molecule has 0 bridgehead atoms. The Morgan fingerprint density at radius 2 is 1.71 bits per heavy atom. The van der Waals surface area contributed by atoms with E-state index in [1.165, 1.54) is 4.90 Å². The summed E-state index contributed by atoms with van der Waals surface area (Å²) < 4.78 is 11.6. The summed E-state index contributed by atoms with van der Waals surface area (Å²) in [4.78, 5) is 26.5. The molecule has 132 valence electrons. The Hall–Kier alpha value is -1.66. The van der Waals surface area contributed by atoms with E-state index in [0.717, 1.165) is 5.56 Å². The fourth-order valence-electron chi connectivity index (χ4n) is 2.99. The maximum absolute atomic E-state index is 12.8. The number of hydrogen-bond donors (Lipinski definition) is 0. The molecular weight excluding hydrogens is 322 g/mol. The van der Waals surface area contributed by atoms with Gasteiger partial charge in [0, 0.05) is 0 Å². The third-order valence-electron chi connectivity index (χ3n) is 3.65. The molecule has 1 aliphatic heterocycles. The summed E-state index contributed by atoms with van der Waals surface area (Å²) in [6.07, 6.45) is -0.627. The molecule has 1 fully saturated rings. The molecule has 0 saturated carbocycles. The van der Waals surface area contributed by atoms with Crippen molar-refractivity contribution < 1.29 is 18.8 Å². The fraction of sp³-hybridized carbons (Fsp3) is 0.556. The average Bonchev–Trinajstić information content (AvgIpc) is 2.40. The maximum Gasteiger partial charge on any atom is 0.417 e. The second kappa shape index (κ2) is 6.00. The molecule has 2 amide bonds. The molecule has 0 aromatic heterocycles. The van der Waals surface area contributed by atoms with E-state index in [1.807, 2.05) is 50.0 Å². The zero-order valence-corrected chi connectivity index (χ0v) is 16.5. The zero-order chi connectivity index (χ0) is 18.3. The van der Waals surface area contributed by atoms with Crippen molar-refractivity contribution in [1.82, 2.24) is 4.90 Å². The minimum Gasteiger partial charge on any atom is -0.443 e. The van der Waals surface area contributed by atoms with Crippen LogP contribution in [-0.4, -0.2) is 36.4 Å². The lowest BCUT2D eigenvalue weighted by molar-refractivity contribution is -0.181. The SMILES string of the molecule is CC(C)(C)OC(=O)N1C(=O)C(C)(O[Si](C)(C)C)C1c1ccccc1. The summed E-state index contributed by atoms with van der Waals surface area (Å²) >= 11 is 0. The highest BCUT2D eigenvalue weighted by molar-refractivity contribution is 6.70. The maximum atomic E-state index is 12.8. The smallest absolute Gasteiger partial charge is 0.417 e. The quantitative estimate of drug-likeness (QED) is 0.608. The summed E-state index contributed by atoms with van der Waals surface area (Å²) in [7, 11) is -1.99. The number of ether oxygens (including phenoxy) is 1. The van der Waals surface area contributed by atoms with Crippen molar-refractivity contribution in [3.05, 3.63) is 35.9 Å². The lowest BCUT2D eigenvalue weighted by atomic mass is 9.80. The van der Waals surface area contributed by atoms with Gasteiger partial charge in [0.05, 0.1) is 0 Å². The van der Waals surface area contributed by atoms with Crippen molar-refractivity contribution in [2.24, 2.45) is 0 Å². The van der Waals surface area contributed by atoms with Gasteiger partial charge in [-0.05, 0) is 52.9 Å². The number of benzene rings is 1. The highest BCUT2D eigenvalue weighted by Crippen LogP contribution is 2.47. The number of carbonyl (C=O) groups is 2.